The van der Waals surface area contributed by atoms with Gasteiger partial charge in [-0.05, 0) is 24.5 Å². The van der Waals surface area contributed by atoms with Crippen molar-refractivity contribution in [1.82, 2.24) is 0 Å². The highest BCUT2D eigenvalue weighted by Crippen LogP contribution is 2.30. The molecule has 104 valence electrons. The highest BCUT2D eigenvalue weighted by atomic mass is 16.1. The van der Waals surface area contributed by atoms with Gasteiger partial charge < -0.3 is 0 Å². The number of carbonyl (C=O) groups excluding carboxylic acids is 2. The Kier molecular flexibility index (Phi) is 3.78. The van der Waals surface area contributed by atoms with Gasteiger partial charge in [0.05, 0.1) is 0 Å². The number of ketones is 2. The van der Waals surface area contributed by atoms with Crippen molar-refractivity contribution in [1.29, 1.82) is 0 Å². The van der Waals surface area contributed by atoms with E-state index in [4.69, 9.17) is 0 Å². The molecule has 1 fully saturated rings. The van der Waals surface area contributed by atoms with Crippen molar-refractivity contribution in [3.8, 4) is 0 Å². The summed E-state index contributed by atoms with van der Waals surface area (Å²) in [6.45, 7) is 0. The maximum Gasteiger partial charge on any atom is 0.193 e. The summed E-state index contributed by atoms with van der Waals surface area (Å²) < 4.78 is 0. The van der Waals surface area contributed by atoms with Gasteiger partial charge in [-0.25, -0.2) is 0 Å². The van der Waals surface area contributed by atoms with Crippen LogP contribution in [-0.2, 0) is 4.79 Å². The van der Waals surface area contributed by atoms with E-state index in [1.54, 1.807) is 18.2 Å². The first-order valence-corrected chi connectivity index (χ1v) is 7.16. The Labute approximate surface area is 124 Å². The maximum absolute atomic E-state index is 12.2. The Hall–Kier alpha value is -2.48. The molecule has 2 heteroatoms. The highest BCUT2D eigenvalue weighted by Gasteiger charge is 2.27. The topological polar surface area (TPSA) is 34.1 Å². The molecular weight excluding hydrogens is 260 g/mol. The Morgan fingerprint density at radius 2 is 1.48 bits per heavy atom. The molecule has 1 saturated carbocycles. The molecule has 0 radical (unpaired) electrons. The molecule has 1 aliphatic carbocycles. The zero-order valence-corrected chi connectivity index (χ0v) is 11.7. The minimum absolute atomic E-state index is 0.0141. The minimum atomic E-state index is 0.0141. The average molecular weight is 276 g/mol. The fourth-order valence-electron chi connectivity index (χ4n) is 2.18. The Morgan fingerprint density at radius 1 is 0.857 bits per heavy atom. The van der Waals surface area contributed by atoms with Gasteiger partial charge in [-0.2, -0.15) is 0 Å². The lowest BCUT2D eigenvalue weighted by Crippen LogP contribution is -2.00. The van der Waals surface area contributed by atoms with E-state index >= 15 is 0 Å². The van der Waals surface area contributed by atoms with Crippen LogP contribution >= 0.6 is 0 Å². The summed E-state index contributed by atoms with van der Waals surface area (Å²) in [5.41, 5.74) is 2.28. The molecule has 0 aliphatic heterocycles. The van der Waals surface area contributed by atoms with Gasteiger partial charge in [0.2, 0.25) is 0 Å². The molecule has 2 aromatic rings. The first-order chi connectivity index (χ1) is 10.2. The van der Waals surface area contributed by atoms with E-state index in [0.29, 0.717) is 11.1 Å². The summed E-state index contributed by atoms with van der Waals surface area (Å²) >= 11 is 0. The number of hydrogen-bond donors (Lipinski definition) is 0. The first-order valence-electron chi connectivity index (χ1n) is 7.16. The quantitative estimate of drug-likeness (QED) is 0.613. The lowest BCUT2D eigenvalue weighted by molar-refractivity contribution is -0.115. The average Bonchev–Trinajstić information content (AvgIpc) is 3.38. The van der Waals surface area contributed by atoms with Crippen LogP contribution in [0.5, 0.6) is 0 Å². The lowest BCUT2D eigenvalue weighted by Gasteiger charge is -2.01. The van der Waals surface area contributed by atoms with Gasteiger partial charge in [0, 0.05) is 17.0 Å². The molecule has 1 aliphatic rings. The Balaban J connectivity index is 1.72. The van der Waals surface area contributed by atoms with Crippen LogP contribution in [0.15, 0.2) is 60.7 Å². The number of allylic oxidation sites excluding steroid dienone is 1. The molecule has 0 aromatic heterocycles. The fraction of sp³-hybridized carbons (Fsp3) is 0.158. The van der Waals surface area contributed by atoms with E-state index in [1.165, 1.54) is 0 Å². The van der Waals surface area contributed by atoms with Gasteiger partial charge >= 0.3 is 0 Å². The first kappa shape index (κ1) is 13.5. The molecule has 0 heterocycles. The third-order valence-electron chi connectivity index (χ3n) is 3.63. The summed E-state index contributed by atoms with van der Waals surface area (Å²) in [6, 6.07) is 16.6. The van der Waals surface area contributed by atoms with E-state index in [1.807, 2.05) is 48.5 Å². The summed E-state index contributed by atoms with van der Waals surface area (Å²) in [6.07, 6.45) is 5.50. The minimum Gasteiger partial charge on any atom is -0.295 e. The van der Waals surface area contributed by atoms with Gasteiger partial charge in [0.25, 0.3) is 0 Å². The van der Waals surface area contributed by atoms with Gasteiger partial charge in [-0.1, -0.05) is 60.7 Å². The predicted octanol–water partition coefficient (Wildman–Crippen LogP) is 3.91. The molecule has 2 aromatic carbocycles. The van der Waals surface area contributed by atoms with Gasteiger partial charge in [-0.3, -0.25) is 9.59 Å². The smallest absolute Gasteiger partial charge is 0.193 e. The van der Waals surface area contributed by atoms with Crippen molar-refractivity contribution in [2.75, 3.05) is 0 Å². The van der Waals surface area contributed by atoms with Crippen LogP contribution in [0.4, 0.5) is 0 Å². The van der Waals surface area contributed by atoms with Crippen molar-refractivity contribution >= 4 is 17.6 Å². The number of hydrogen-bond acceptors (Lipinski definition) is 2. The van der Waals surface area contributed by atoms with Gasteiger partial charge in [-0.15, -0.1) is 0 Å². The van der Waals surface area contributed by atoms with Gasteiger partial charge in [0.15, 0.2) is 11.6 Å². The molecule has 0 bridgehead atoms. The molecule has 3 rings (SSSR count). The monoisotopic (exact) mass is 276 g/mol. The van der Waals surface area contributed by atoms with Crippen LogP contribution in [0.3, 0.4) is 0 Å². The summed E-state index contributed by atoms with van der Waals surface area (Å²) in [4.78, 5) is 23.8. The summed E-state index contributed by atoms with van der Waals surface area (Å²) in [7, 11) is 0. The second-order valence-electron chi connectivity index (χ2n) is 5.33. The van der Waals surface area contributed by atoms with Crippen LogP contribution in [-0.4, -0.2) is 11.6 Å². The SMILES string of the molecule is O=C(c1ccccc1)c1ccc(/C=C/C(=O)C2CC2)cc1. The molecule has 0 amide bonds. The molecular formula is C19H16O2. The van der Waals surface area contributed by atoms with E-state index < -0.39 is 0 Å². The molecule has 0 atom stereocenters. The second-order valence-corrected chi connectivity index (χ2v) is 5.33. The van der Waals surface area contributed by atoms with Gasteiger partial charge in [0.1, 0.15) is 0 Å². The molecule has 0 saturated heterocycles. The van der Waals surface area contributed by atoms with Crippen LogP contribution in [0.25, 0.3) is 6.08 Å². The van der Waals surface area contributed by atoms with E-state index in [0.717, 1.165) is 18.4 Å². The fourth-order valence-corrected chi connectivity index (χ4v) is 2.18. The molecule has 0 unspecified atom stereocenters. The van der Waals surface area contributed by atoms with E-state index in [-0.39, 0.29) is 17.5 Å². The molecule has 0 spiro atoms. The van der Waals surface area contributed by atoms with Crippen LogP contribution in [0, 0.1) is 5.92 Å². The predicted molar refractivity (Wildman–Crippen MR) is 83.1 cm³/mol. The largest absolute Gasteiger partial charge is 0.295 e. The zero-order valence-electron chi connectivity index (χ0n) is 11.7. The second kappa shape index (κ2) is 5.88. The van der Waals surface area contributed by atoms with Crippen LogP contribution < -0.4 is 0 Å². The van der Waals surface area contributed by atoms with Crippen molar-refractivity contribution in [3.05, 3.63) is 77.4 Å². The number of carbonyl (C=O) groups is 2. The standard InChI is InChI=1S/C19H16O2/c20-18(15-11-12-15)13-8-14-6-9-17(10-7-14)19(21)16-4-2-1-3-5-16/h1-10,13,15H,11-12H2/b13-8+. The van der Waals surface area contributed by atoms with Crippen LogP contribution in [0.1, 0.15) is 34.3 Å². The lowest BCUT2D eigenvalue weighted by atomic mass is 10.0. The maximum atomic E-state index is 12.2. The number of benzene rings is 2. The van der Waals surface area contributed by atoms with Crippen molar-refractivity contribution in [3.63, 3.8) is 0 Å². The normalized spacial score (nSPS) is 14.3. The molecule has 0 N–H and O–H groups in total. The third-order valence-corrected chi connectivity index (χ3v) is 3.63. The highest BCUT2D eigenvalue weighted by molar-refractivity contribution is 6.09. The van der Waals surface area contributed by atoms with E-state index in [2.05, 4.69) is 0 Å². The van der Waals surface area contributed by atoms with Crippen molar-refractivity contribution in [2.24, 2.45) is 5.92 Å². The Bertz CT molecular complexity index is 677. The molecule has 21 heavy (non-hydrogen) atoms. The van der Waals surface area contributed by atoms with Crippen molar-refractivity contribution in [2.45, 2.75) is 12.8 Å². The van der Waals surface area contributed by atoms with E-state index in [9.17, 15) is 9.59 Å². The zero-order chi connectivity index (χ0) is 14.7. The summed E-state index contributed by atoms with van der Waals surface area (Å²) in [5.74, 6) is 0.472. The summed E-state index contributed by atoms with van der Waals surface area (Å²) in [5, 5.41) is 0. The Morgan fingerprint density at radius 3 is 2.10 bits per heavy atom. The third kappa shape index (κ3) is 3.34. The molecule has 2 nitrogen and oxygen atoms in total. The van der Waals surface area contributed by atoms with Crippen LogP contribution in [0.2, 0.25) is 0 Å². The van der Waals surface area contributed by atoms with Crippen molar-refractivity contribution < 1.29 is 9.59 Å². The number of rotatable bonds is 5.